The molecule has 0 aliphatic carbocycles. The largest absolute Gasteiger partial charge is 0.463 e. The van der Waals surface area contributed by atoms with Crippen LogP contribution in [0.3, 0.4) is 0 Å². The summed E-state index contributed by atoms with van der Waals surface area (Å²) in [5.41, 5.74) is 0. The summed E-state index contributed by atoms with van der Waals surface area (Å²) in [6.07, 6.45) is -13.2. The molecule has 0 saturated carbocycles. The van der Waals surface area contributed by atoms with E-state index in [1.165, 1.54) is 0 Å². The number of carbonyl (C=O) groups is 7. The standard InChI is InChI=1S/C26H35BrO17/c1-10(28)35-8-17-20(21(38-13(4)31)23(25(27)42-17)40-15(6)33)44-26-24(41-16(7)34)22(39-14(5)32)19(37-12(3)30)18(43-26)9-36-11(2)29/h17-26H,8-9H2,1-7H3/t17-,18-,19-,20+,21+,22+,23+,24-,25-,26+/m0/s1. The van der Waals surface area contributed by atoms with Gasteiger partial charge in [0, 0.05) is 48.5 Å². The summed E-state index contributed by atoms with van der Waals surface area (Å²) in [5.74, 6) is -5.63. The molecule has 44 heavy (non-hydrogen) atoms. The second-order valence-electron chi connectivity index (χ2n) is 9.64. The number of carbonyl (C=O) groups excluding carboxylic acids is 7. The van der Waals surface area contributed by atoms with Crippen molar-refractivity contribution in [3.8, 4) is 0 Å². The van der Waals surface area contributed by atoms with Crippen molar-refractivity contribution in [2.24, 2.45) is 0 Å². The monoisotopic (exact) mass is 698 g/mol. The van der Waals surface area contributed by atoms with Gasteiger partial charge in [-0.05, 0) is 0 Å². The number of halogens is 1. The Bertz CT molecular complexity index is 1090. The topological polar surface area (TPSA) is 212 Å². The van der Waals surface area contributed by atoms with Gasteiger partial charge in [-0.1, -0.05) is 15.9 Å². The van der Waals surface area contributed by atoms with Crippen molar-refractivity contribution in [2.45, 2.75) is 109 Å². The first kappa shape index (κ1) is 36.8. The summed E-state index contributed by atoms with van der Waals surface area (Å²) >= 11 is 3.23. The Morgan fingerprint density at radius 1 is 0.477 bits per heavy atom. The fourth-order valence-corrected chi connectivity index (χ4v) is 5.15. The molecule has 18 heteroatoms. The average molecular weight is 699 g/mol. The van der Waals surface area contributed by atoms with E-state index in [4.69, 9.17) is 47.4 Å². The van der Waals surface area contributed by atoms with Gasteiger partial charge in [0.25, 0.3) is 0 Å². The van der Waals surface area contributed by atoms with Crippen LogP contribution in [0.15, 0.2) is 0 Å². The van der Waals surface area contributed by atoms with Crippen LogP contribution in [-0.2, 0) is 80.9 Å². The number of esters is 7. The fourth-order valence-electron chi connectivity index (χ4n) is 4.46. The summed E-state index contributed by atoms with van der Waals surface area (Å²) in [5, 5.41) is -1.09. The van der Waals surface area contributed by atoms with Gasteiger partial charge in [-0.25, -0.2) is 0 Å². The highest BCUT2D eigenvalue weighted by atomic mass is 79.9. The predicted molar refractivity (Wildman–Crippen MR) is 142 cm³/mol. The number of rotatable bonds is 11. The molecule has 17 nitrogen and oxygen atoms in total. The molecule has 0 aromatic rings. The normalized spacial score (nSPS) is 31.5. The first-order valence-corrected chi connectivity index (χ1v) is 14.1. The number of alkyl halides is 1. The van der Waals surface area contributed by atoms with E-state index in [0.29, 0.717) is 0 Å². The highest BCUT2D eigenvalue weighted by Gasteiger charge is 2.57. The molecule has 0 aromatic carbocycles. The van der Waals surface area contributed by atoms with Gasteiger partial charge in [-0.15, -0.1) is 0 Å². The van der Waals surface area contributed by atoms with Crippen molar-refractivity contribution >= 4 is 57.7 Å². The van der Waals surface area contributed by atoms with E-state index in [2.05, 4.69) is 15.9 Å². The number of ether oxygens (including phenoxy) is 10. The molecular formula is C26H35BrO17. The zero-order valence-electron chi connectivity index (χ0n) is 25.0. The van der Waals surface area contributed by atoms with E-state index in [1.54, 1.807) is 0 Å². The van der Waals surface area contributed by atoms with Crippen LogP contribution in [0.5, 0.6) is 0 Å². The van der Waals surface area contributed by atoms with Gasteiger partial charge in [0.15, 0.2) is 41.8 Å². The van der Waals surface area contributed by atoms with Crippen LogP contribution in [0, 0.1) is 0 Å². The highest BCUT2D eigenvalue weighted by molar-refractivity contribution is 9.09. The summed E-state index contributed by atoms with van der Waals surface area (Å²) in [7, 11) is 0. The Labute approximate surface area is 260 Å². The third-order valence-electron chi connectivity index (χ3n) is 5.87. The second-order valence-corrected chi connectivity index (χ2v) is 10.5. The van der Waals surface area contributed by atoms with Crippen molar-refractivity contribution < 1.29 is 80.9 Å². The molecule has 2 aliphatic rings. The van der Waals surface area contributed by atoms with Crippen LogP contribution in [0.25, 0.3) is 0 Å². The summed E-state index contributed by atoms with van der Waals surface area (Å²) in [6.45, 7) is 6.57. The first-order chi connectivity index (χ1) is 20.5. The van der Waals surface area contributed by atoms with Gasteiger partial charge in [0.2, 0.25) is 0 Å². The van der Waals surface area contributed by atoms with Crippen LogP contribution < -0.4 is 0 Å². The molecule has 10 atom stereocenters. The van der Waals surface area contributed by atoms with Crippen molar-refractivity contribution in [1.29, 1.82) is 0 Å². The molecule has 0 aromatic heterocycles. The van der Waals surface area contributed by atoms with Crippen molar-refractivity contribution in [2.75, 3.05) is 13.2 Å². The lowest BCUT2D eigenvalue weighted by Gasteiger charge is -2.48. The van der Waals surface area contributed by atoms with Gasteiger partial charge in [-0.2, -0.15) is 0 Å². The van der Waals surface area contributed by atoms with Gasteiger partial charge in [0.05, 0.1) is 0 Å². The van der Waals surface area contributed by atoms with E-state index in [1.807, 2.05) is 0 Å². The van der Waals surface area contributed by atoms with Gasteiger partial charge < -0.3 is 47.4 Å². The lowest BCUT2D eigenvalue weighted by molar-refractivity contribution is -0.341. The zero-order chi connectivity index (χ0) is 33.3. The third-order valence-corrected chi connectivity index (χ3v) is 6.61. The molecule has 2 saturated heterocycles. The van der Waals surface area contributed by atoms with Crippen LogP contribution in [0.1, 0.15) is 48.5 Å². The van der Waals surface area contributed by atoms with Crippen LogP contribution >= 0.6 is 15.9 Å². The number of hydrogen-bond donors (Lipinski definition) is 0. The van der Waals surface area contributed by atoms with Crippen molar-refractivity contribution in [1.82, 2.24) is 0 Å². The molecule has 2 heterocycles. The molecule has 2 fully saturated rings. The molecule has 2 rings (SSSR count). The molecule has 0 amide bonds. The third kappa shape index (κ3) is 11.0. The van der Waals surface area contributed by atoms with Crippen molar-refractivity contribution in [3.05, 3.63) is 0 Å². The van der Waals surface area contributed by atoms with Crippen molar-refractivity contribution in [3.63, 3.8) is 0 Å². The van der Waals surface area contributed by atoms with Crippen LogP contribution in [0.4, 0.5) is 0 Å². The van der Waals surface area contributed by atoms with E-state index in [9.17, 15) is 33.6 Å². The SMILES string of the molecule is CC(=O)OC[C@@H]1O[C@H](O[C@H]2[C@@H](OC(C)=O)[C@@H](OC(C)=O)[C@@H](Br)O[C@H]2COC(C)=O)[C@@H](OC(C)=O)[C@H](OC(C)=O)[C@H]1OC(C)=O. The van der Waals surface area contributed by atoms with Crippen LogP contribution in [0.2, 0.25) is 0 Å². The average Bonchev–Trinajstić information content (AvgIpc) is 2.87. The maximum atomic E-state index is 12.2. The second kappa shape index (κ2) is 16.6. The maximum absolute atomic E-state index is 12.2. The van der Waals surface area contributed by atoms with Gasteiger partial charge >= 0.3 is 41.8 Å². The molecular weight excluding hydrogens is 664 g/mol. The smallest absolute Gasteiger partial charge is 0.303 e. The summed E-state index contributed by atoms with van der Waals surface area (Å²) < 4.78 is 55.2. The Hall–Kier alpha value is -3.35. The summed E-state index contributed by atoms with van der Waals surface area (Å²) in [6, 6.07) is 0. The lowest BCUT2D eigenvalue weighted by Crippen LogP contribution is -2.66. The Morgan fingerprint density at radius 3 is 1.27 bits per heavy atom. The minimum absolute atomic E-state index is 0.460. The molecule has 0 radical (unpaired) electrons. The Balaban J connectivity index is 2.66. The molecule has 2 aliphatic heterocycles. The molecule has 0 spiro atoms. The quantitative estimate of drug-likeness (QED) is 0.158. The fraction of sp³-hybridized carbons (Fsp3) is 0.731. The van der Waals surface area contributed by atoms with E-state index in [0.717, 1.165) is 48.5 Å². The predicted octanol–water partition coefficient (Wildman–Crippen LogP) is 0.00100. The zero-order valence-corrected chi connectivity index (χ0v) is 26.6. The van der Waals surface area contributed by atoms with E-state index in [-0.39, 0.29) is 0 Å². The summed E-state index contributed by atoms with van der Waals surface area (Å²) in [4.78, 5) is 83.8. The maximum Gasteiger partial charge on any atom is 0.303 e. The van der Waals surface area contributed by atoms with E-state index >= 15 is 0 Å². The molecule has 0 unspecified atom stereocenters. The first-order valence-electron chi connectivity index (χ1n) is 13.2. The Kier molecular flexibility index (Phi) is 13.9. The highest BCUT2D eigenvalue weighted by Crippen LogP contribution is 2.36. The Morgan fingerprint density at radius 2 is 0.841 bits per heavy atom. The minimum atomic E-state index is -1.73. The number of hydrogen-bond acceptors (Lipinski definition) is 17. The van der Waals surface area contributed by atoms with Gasteiger partial charge in [0.1, 0.15) is 31.5 Å². The van der Waals surface area contributed by atoms with Gasteiger partial charge in [-0.3, -0.25) is 33.6 Å². The van der Waals surface area contributed by atoms with Crippen LogP contribution in [-0.4, -0.2) is 115 Å². The molecule has 248 valence electrons. The molecule has 0 bridgehead atoms. The minimum Gasteiger partial charge on any atom is -0.463 e. The van der Waals surface area contributed by atoms with E-state index < -0.39 is 115 Å². The molecule has 0 N–H and O–H groups in total. The lowest BCUT2D eigenvalue weighted by atomic mass is 9.96.